The van der Waals surface area contributed by atoms with Gasteiger partial charge in [0.05, 0.1) is 17.8 Å². The lowest BCUT2D eigenvalue weighted by atomic mass is 9.80. The summed E-state index contributed by atoms with van der Waals surface area (Å²) in [5.41, 5.74) is 3.64. The Bertz CT molecular complexity index is 871. The monoisotopic (exact) mass is 395 g/mol. The number of nitrogens with zero attached hydrogens (tertiary/aromatic N) is 2. The number of piperidine rings is 1. The predicted molar refractivity (Wildman–Crippen MR) is 109 cm³/mol. The van der Waals surface area contributed by atoms with E-state index in [1.54, 1.807) is 0 Å². The fourth-order valence-electron chi connectivity index (χ4n) is 5.28. The van der Waals surface area contributed by atoms with E-state index in [1.165, 1.54) is 0 Å². The largest absolute Gasteiger partial charge is 0.393 e. The molecule has 5 rings (SSSR count). The molecule has 3 aliphatic rings. The molecule has 1 aromatic heterocycles. The highest BCUT2D eigenvalue weighted by Crippen LogP contribution is 2.43. The number of fused-ring (bicyclic) bond motifs is 1. The molecular weight excluding hydrogens is 366 g/mol. The van der Waals surface area contributed by atoms with Gasteiger partial charge in [-0.25, -0.2) is 0 Å². The molecule has 2 fully saturated rings. The summed E-state index contributed by atoms with van der Waals surface area (Å²) < 4.78 is 6.56. The Kier molecular flexibility index (Phi) is 4.92. The SMILES string of the molecule is O=C(c1n[nH]c2c1CCCC2)N1CCC2(CC1)C[C@@H](O)C[C@H](c1ccccc1)O2. The third-order valence-electron chi connectivity index (χ3n) is 6.88. The number of likely N-dealkylation sites (tertiary alicyclic amines) is 1. The Hall–Kier alpha value is -2.18. The second kappa shape index (κ2) is 7.58. The Balaban J connectivity index is 1.28. The average Bonchev–Trinajstić information content (AvgIpc) is 3.18. The van der Waals surface area contributed by atoms with Gasteiger partial charge in [0, 0.05) is 37.2 Å². The molecule has 0 bridgehead atoms. The number of carbonyl (C=O) groups is 1. The van der Waals surface area contributed by atoms with E-state index in [0.717, 1.165) is 55.3 Å². The first-order valence-corrected chi connectivity index (χ1v) is 10.9. The summed E-state index contributed by atoms with van der Waals surface area (Å²) in [5, 5.41) is 18.0. The van der Waals surface area contributed by atoms with Gasteiger partial charge in [0.15, 0.2) is 5.69 Å². The van der Waals surface area contributed by atoms with Gasteiger partial charge in [-0.2, -0.15) is 5.10 Å². The number of amides is 1. The van der Waals surface area contributed by atoms with Crippen LogP contribution in [-0.2, 0) is 17.6 Å². The van der Waals surface area contributed by atoms with E-state index in [1.807, 2.05) is 23.1 Å². The van der Waals surface area contributed by atoms with Crippen LogP contribution in [0.15, 0.2) is 30.3 Å². The lowest BCUT2D eigenvalue weighted by molar-refractivity contribution is -0.181. The normalized spacial score (nSPS) is 26.3. The Labute approximate surface area is 171 Å². The molecule has 29 heavy (non-hydrogen) atoms. The molecule has 0 saturated carbocycles. The molecule has 2 atom stereocenters. The van der Waals surface area contributed by atoms with Crippen LogP contribution in [0.5, 0.6) is 0 Å². The van der Waals surface area contributed by atoms with Crippen LogP contribution in [0.1, 0.15) is 71.9 Å². The fourth-order valence-corrected chi connectivity index (χ4v) is 5.28. The van der Waals surface area contributed by atoms with Crippen molar-refractivity contribution >= 4 is 5.91 Å². The van der Waals surface area contributed by atoms with Crippen LogP contribution in [0.3, 0.4) is 0 Å². The summed E-state index contributed by atoms with van der Waals surface area (Å²) in [6.07, 6.45) is 6.57. The summed E-state index contributed by atoms with van der Waals surface area (Å²) in [7, 11) is 0. The quantitative estimate of drug-likeness (QED) is 0.819. The number of rotatable bonds is 2. The maximum Gasteiger partial charge on any atom is 0.274 e. The zero-order valence-electron chi connectivity index (χ0n) is 16.8. The molecule has 1 spiro atoms. The van der Waals surface area contributed by atoms with Crippen LogP contribution in [0, 0.1) is 0 Å². The van der Waals surface area contributed by atoms with Crippen LogP contribution in [0.2, 0.25) is 0 Å². The van der Waals surface area contributed by atoms with Gasteiger partial charge < -0.3 is 14.7 Å². The van der Waals surface area contributed by atoms with Crippen LogP contribution >= 0.6 is 0 Å². The van der Waals surface area contributed by atoms with Crippen LogP contribution < -0.4 is 0 Å². The summed E-state index contributed by atoms with van der Waals surface area (Å²) in [6.45, 7) is 1.30. The first-order chi connectivity index (χ1) is 14.1. The van der Waals surface area contributed by atoms with E-state index < -0.39 is 0 Å². The standard InChI is InChI=1S/C23H29N3O3/c27-17-14-20(16-6-2-1-3-7-16)29-23(15-17)10-12-26(13-11-23)22(28)21-18-8-4-5-9-19(18)24-25-21/h1-3,6-7,17,20,27H,4-5,8-15H2,(H,24,25)/t17-,20+/m0/s1. The predicted octanol–water partition coefficient (Wildman–Crippen LogP) is 3.18. The van der Waals surface area contributed by atoms with Crippen LogP contribution in [-0.4, -0.2) is 50.9 Å². The highest BCUT2D eigenvalue weighted by molar-refractivity contribution is 5.94. The molecule has 1 amide bonds. The third kappa shape index (κ3) is 3.60. The minimum absolute atomic E-state index is 0.0372. The molecule has 2 saturated heterocycles. The smallest absolute Gasteiger partial charge is 0.274 e. The van der Waals surface area contributed by atoms with E-state index in [4.69, 9.17) is 4.74 Å². The number of aryl methyl sites for hydroxylation is 1. The Morgan fingerprint density at radius 2 is 1.93 bits per heavy atom. The molecule has 1 aromatic carbocycles. The lowest BCUT2D eigenvalue weighted by Crippen LogP contribution is -2.52. The number of aromatic nitrogens is 2. The van der Waals surface area contributed by atoms with Crippen molar-refractivity contribution in [1.82, 2.24) is 15.1 Å². The first kappa shape index (κ1) is 18.8. The van der Waals surface area contributed by atoms with Crippen molar-refractivity contribution in [2.45, 2.75) is 69.2 Å². The highest BCUT2D eigenvalue weighted by atomic mass is 16.5. The molecule has 6 heteroatoms. The Morgan fingerprint density at radius 3 is 2.72 bits per heavy atom. The molecule has 2 N–H and O–H groups in total. The van der Waals surface area contributed by atoms with E-state index in [2.05, 4.69) is 22.3 Å². The maximum atomic E-state index is 13.1. The van der Waals surface area contributed by atoms with E-state index >= 15 is 0 Å². The number of aromatic amines is 1. The minimum Gasteiger partial charge on any atom is -0.393 e. The second-order valence-corrected chi connectivity index (χ2v) is 8.82. The number of nitrogens with one attached hydrogen (secondary N) is 1. The van der Waals surface area contributed by atoms with E-state index in [9.17, 15) is 9.90 Å². The zero-order chi connectivity index (χ0) is 19.8. The van der Waals surface area contributed by atoms with Crippen molar-refractivity contribution in [3.8, 4) is 0 Å². The summed E-state index contributed by atoms with van der Waals surface area (Å²) in [5.74, 6) is 0.0372. The zero-order valence-corrected chi connectivity index (χ0v) is 16.8. The summed E-state index contributed by atoms with van der Waals surface area (Å²) >= 11 is 0. The van der Waals surface area contributed by atoms with Crippen LogP contribution in [0.4, 0.5) is 0 Å². The molecular formula is C23H29N3O3. The number of H-pyrrole nitrogens is 1. The van der Waals surface area contributed by atoms with Crippen LogP contribution in [0.25, 0.3) is 0 Å². The van der Waals surface area contributed by atoms with Crippen molar-refractivity contribution in [2.75, 3.05) is 13.1 Å². The lowest BCUT2D eigenvalue weighted by Gasteiger charge is -2.48. The third-order valence-corrected chi connectivity index (χ3v) is 6.88. The topological polar surface area (TPSA) is 78.5 Å². The van der Waals surface area contributed by atoms with Crippen molar-refractivity contribution < 1.29 is 14.6 Å². The molecule has 1 aliphatic carbocycles. The molecule has 2 aliphatic heterocycles. The average molecular weight is 396 g/mol. The van der Waals surface area contributed by atoms with Gasteiger partial charge in [-0.05, 0) is 44.1 Å². The fraction of sp³-hybridized carbons (Fsp3) is 0.565. The summed E-state index contributed by atoms with van der Waals surface area (Å²) in [6, 6.07) is 10.2. The van der Waals surface area contributed by atoms with Crippen molar-refractivity contribution in [3.05, 3.63) is 52.8 Å². The van der Waals surface area contributed by atoms with Gasteiger partial charge in [0.2, 0.25) is 0 Å². The van der Waals surface area contributed by atoms with Gasteiger partial charge in [0.1, 0.15) is 0 Å². The molecule has 3 heterocycles. The molecule has 2 aromatic rings. The van der Waals surface area contributed by atoms with Gasteiger partial charge in [-0.1, -0.05) is 30.3 Å². The minimum atomic E-state index is -0.366. The number of hydrogen-bond donors (Lipinski definition) is 2. The number of benzene rings is 1. The molecule has 154 valence electrons. The number of carbonyl (C=O) groups excluding carboxylic acids is 1. The summed E-state index contributed by atoms with van der Waals surface area (Å²) in [4.78, 5) is 15.0. The Morgan fingerprint density at radius 1 is 1.17 bits per heavy atom. The number of aliphatic hydroxyl groups excluding tert-OH is 1. The second-order valence-electron chi connectivity index (χ2n) is 8.82. The maximum absolute atomic E-state index is 13.1. The van der Waals surface area contributed by atoms with Crippen molar-refractivity contribution in [2.24, 2.45) is 0 Å². The number of hydrogen-bond acceptors (Lipinski definition) is 4. The van der Waals surface area contributed by atoms with Crippen molar-refractivity contribution in [3.63, 3.8) is 0 Å². The van der Waals surface area contributed by atoms with E-state index in [0.29, 0.717) is 31.6 Å². The van der Waals surface area contributed by atoms with E-state index in [-0.39, 0.29) is 23.7 Å². The molecule has 6 nitrogen and oxygen atoms in total. The highest BCUT2D eigenvalue weighted by Gasteiger charge is 2.44. The van der Waals surface area contributed by atoms with Gasteiger partial charge >= 0.3 is 0 Å². The molecule has 0 unspecified atom stereocenters. The first-order valence-electron chi connectivity index (χ1n) is 10.9. The van der Waals surface area contributed by atoms with Gasteiger partial charge in [0.25, 0.3) is 5.91 Å². The van der Waals surface area contributed by atoms with Gasteiger partial charge in [-0.15, -0.1) is 0 Å². The van der Waals surface area contributed by atoms with Crippen molar-refractivity contribution in [1.29, 1.82) is 0 Å². The molecule has 0 radical (unpaired) electrons. The number of aliphatic hydroxyl groups is 1. The number of ether oxygens (including phenoxy) is 1. The van der Waals surface area contributed by atoms with Gasteiger partial charge in [-0.3, -0.25) is 9.89 Å².